The van der Waals surface area contributed by atoms with Crippen molar-refractivity contribution in [3.8, 4) is 0 Å². The van der Waals surface area contributed by atoms with Crippen molar-refractivity contribution < 1.29 is 14.3 Å². The molecule has 140 valence electrons. The van der Waals surface area contributed by atoms with Crippen LogP contribution in [0.2, 0.25) is 0 Å². The molecule has 0 atom stereocenters. The number of alkyl halides is 1. The Balaban J connectivity index is 2.02. The van der Waals surface area contributed by atoms with Crippen molar-refractivity contribution in [1.82, 2.24) is 15.1 Å². The summed E-state index contributed by atoms with van der Waals surface area (Å²) in [6.07, 6.45) is 1.05. The first-order valence-electron chi connectivity index (χ1n) is 8.53. The van der Waals surface area contributed by atoms with E-state index < -0.39 is 0 Å². The van der Waals surface area contributed by atoms with Crippen molar-refractivity contribution in [2.75, 3.05) is 10.6 Å². The summed E-state index contributed by atoms with van der Waals surface area (Å²) in [5, 5.41) is 10.5. The molecule has 1 heterocycles. The highest BCUT2D eigenvalue weighted by molar-refractivity contribution is 9.09. The first-order chi connectivity index (χ1) is 11.6. The highest BCUT2D eigenvalue weighted by atomic mass is 79.9. The highest BCUT2D eigenvalue weighted by Crippen LogP contribution is 2.39. The molecule has 0 aliphatic heterocycles. The van der Waals surface area contributed by atoms with E-state index in [2.05, 4.69) is 31.7 Å². The summed E-state index contributed by atoms with van der Waals surface area (Å²) >= 11 is 3.16. The van der Waals surface area contributed by atoms with E-state index in [4.69, 9.17) is 4.74 Å². The van der Waals surface area contributed by atoms with Crippen LogP contribution in [0.25, 0.3) is 0 Å². The lowest BCUT2D eigenvalue weighted by Gasteiger charge is -2.33. The molecule has 0 aromatic carbocycles. The minimum atomic E-state index is -0.371. The fourth-order valence-electron chi connectivity index (χ4n) is 2.70. The minimum absolute atomic E-state index is 0.0615. The number of alkyl carbamates (subject to hydrolysis) is 1. The van der Waals surface area contributed by atoms with E-state index in [-0.39, 0.29) is 40.9 Å². The van der Waals surface area contributed by atoms with E-state index in [1.54, 1.807) is 0 Å². The fraction of sp³-hybridized carbons (Fsp3) is 0.706. The van der Waals surface area contributed by atoms with E-state index >= 15 is 0 Å². The number of carbonyl (C=O) groups excluding carboxylic acids is 2. The van der Waals surface area contributed by atoms with Gasteiger partial charge in [-0.2, -0.15) is 5.10 Å². The maximum absolute atomic E-state index is 11.7. The predicted molar refractivity (Wildman–Crippen MR) is 100 cm³/mol. The van der Waals surface area contributed by atoms with Gasteiger partial charge < -0.3 is 15.4 Å². The monoisotopic (exact) mass is 414 g/mol. The Hall–Kier alpha value is -1.57. The van der Waals surface area contributed by atoms with Crippen LogP contribution < -0.4 is 10.6 Å². The minimum Gasteiger partial charge on any atom is -0.446 e. The molecule has 0 unspecified atom stereocenters. The molecule has 8 heteroatoms. The third-order valence-corrected chi connectivity index (χ3v) is 4.46. The fourth-order valence-corrected chi connectivity index (χ4v) is 2.84. The Bertz CT molecular complexity index is 630. The molecule has 1 aliphatic carbocycles. The number of amides is 2. The number of halogens is 1. The van der Waals surface area contributed by atoms with Gasteiger partial charge in [0.2, 0.25) is 5.91 Å². The molecule has 2 N–H and O–H groups in total. The molecule has 2 amide bonds. The van der Waals surface area contributed by atoms with Crippen molar-refractivity contribution in [3.63, 3.8) is 0 Å². The van der Waals surface area contributed by atoms with Gasteiger partial charge in [0, 0.05) is 18.0 Å². The number of hydrogen-bond acceptors (Lipinski definition) is 4. The van der Waals surface area contributed by atoms with E-state index in [1.165, 1.54) is 0 Å². The lowest BCUT2D eigenvalue weighted by Crippen LogP contribution is -2.38. The number of hydrogen-bond donors (Lipinski definition) is 2. The van der Waals surface area contributed by atoms with Crippen LogP contribution in [0.3, 0.4) is 0 Å². The molecule has 1 aromatic rings. The van der Waals surface area contributed by atoms with Crippen LogP contribution >= 0.6 is 15.9 Å². The topological polar surface area (TPSA) is 85.3 Å². The van der Waals surface area contributed by atoms with Gasteiger partial charge in [0.1, 0.15) is 11.9 Å². The molecule has 25 heavy (non-hydrogen) atoms. The number of ether oxygens (including phenoxy) is 1. The summed E-state index contributed by atoms with van der Waals surface area (Å²) < 4.78 is 7.21. The van der Waals surface area contributed by atoms with Gasteiger partial charge in [0.05, 0.1) is 16.6 Å². The van der Waals surface area contributed by atoms with Crippen molar-refractivity contribution in [3.05, 3.63) is 11.8 Å². The molecule has 0 bridgehead atoms. The van der Waals surface area contributed by atoms with Crippen LogP contribution in [0.5, 0.6) is 0 Å². The van der Waals surface area contributed by atoms with E-state index in [0.29, 0.717) is 5.82 Å². The van der Waals surface area contributed by atoms with E-state index in [1.807, 2.05) is 45.4 Å². The first kappa shape index (κ1) is 19.8. The van der Waals surface area contributed by atoms with Crippen LogP contribution in [0.15, 0.2) is 6.07 Å². The molecule has 0 saturated heterocycles. The van der Waals surface area contributed by atoms with Crippen LogP contribution in [0, 0.1) is 0 Å². The Morgan fingerprint density at radius 3 is 2.56 bits per heavy atom. The Kier molecular flexibility index (Phi) is 6.13. The number of anilines is 1. The van der Waals surface area contributed by atoms with Crippen LogP contribution in [0.1, 0.15) is 59.1 Å². The third kappa shape index (κ3) is 5.20. The lowest BCUT2D eigenvalue weighted by molar-refractivity contribution is -0.113. The smallest absolute Gasteiger partial charge is 0.407 e. The average Bonchev–Trinajstić information content (AvgIpc) is 2.84. The number of nitrogens with zero attached hydrogens (tertiary/aromatic N) is 2. The third-order valence-electron chi connectivity index (χ3n) is 3.95. The van der Waals surface area contributed by atoms with E-state index in [0.717, 1.165) is 18.5 Å². The summed E-state index contributed by atoms with van der Waals surface area (Å²) in [5.41, 5.74) is 0.674. The SMILES string of the molecule is CC(C)NC(=O)OC1CC(c2cc(NC(=O)CBr)n(C(C)(C)C)n2)C1. The Morgan fingerprint density at radius 2 is 2.04 bits per heavy atom. The summed E-state index contributed by atoms with van der Waals surface area (Å²) in [6, 6.07) is 1.98. The molecule has 0 radical (unpaired) electrons. The number of rotatable bonds is 5. The summed E-state index contributed by atoms with van der Waals surface area (Å²) in [6.45, 7) is 9.91. The van der Waals surface area contributed by atoms with Gasteiger partial charge >= 0.3 is 6.09 Å². The predicted octanol–water partition coefficient (Wildman–Crippen LogP) is 3.35. The number of nitrogens with one attached hydrogen (secondary N) is 2. The molecule has 1 aromatic heterocycles. The van der Waals surface area contributed by atoms with Crippen molar-refractivity contribution >= 4 is 33.7 Å². The second-order valence-electron chi connectivity index (χ2n) is 7.71. The van der Waals surface area contributed by atoms with Gasteiger partial charge in [0.15, 0.2) is 0 Å². The van der Waals surface area contributed by atoms with Gasteiger partial charge in [-0.15, -0.1) is 0 Å². The molecule has 1 fully saturated rings. The molecular formula is C17H27BrN4O3. The summed E-state index contributed by atoms with van der Waals surface area (Å²) in [7, 11) is 0. The average molecular weight is 415 g/mol. The Morgan fingerprint density at radius 1 is 1.40 bits per heavy atom. The van der Waals surface area contributed by atoms with Crippen molar-refractivity contribution in [2.24, 2.45) is 0 Å². The van der Waals surface area contributed by atoms with Crippen LogP contribution in [-0.2, 0) is 15.1 Å². The van der Waals surface area contributed by atoms with Crippen molar-refractivity contribution in [1.29, 1.82) is 0 Å². The lowest BCUT2D eigenvalue weighted by atomic mass is 9.80. The zero-order valence-electron chi connectivity index (χ0n) is 15.4. The second kappa shape index (κ2) is 7.76. The molecule has 0 spiro atoms. The van der Waals surface area contributed by atoms with Gasteiger partial charge in [-0.25, -0.2) is 9.48 Å². The van der Waals surface area contributed by atoms with Crippen molar-refractivity contribution in [2.45, 2.75) is 71.1 Å². The largest absolute Gasteiger partial charge is 0.446 e. The zero-order valence-corrected chi connectivity index (χ0v) is 17.0. The second-order valence-corrected chi connectivity index (χ2v) is 8.27. The molecule has 7 nitrogen and oxygen atoms in total. The molecule has 1 saturated carbocycles. The summed E-state index contributed by atoms with van der Waals surface area (Å²) in [4.78, 5) is 23.4. The highest BCUT2D eigenvalue weighted by Gasteiger charge is 2.36. The van der Waals surface area contributed by atoms with Crippen LogP contribution in [0.4, 0.5) is 10.6 Å². The van der Waals surface area contributed by atoms with Gasteiger partial charge in [-0.05, 0) is 47.5 Å². The zero-order chi connectivity index (χ0) is 18.8. The van der Waals surface area contributed by atoms with E-state index in [9.17, 15) is 9.59 Å². The molecular weight excluding hydrogens is 388 g/mol. The van der Waals surface area contributed by atoms with Gasteiger partial charge in [-0.1, -0.05) is 15.9 Å². The number of aromatic nitrogens is 2. The molecule has 2 rings (SSSR count). The van der Waals surface area contributed by atoms with Gasteiger partial charge in [-0.3, -0.25) is 4.79 Å². The standard InChI is InChI=1S/C17H27BrN4O3/c1-10(2)19-16(24)25-12-6-11(7-12)13-8-14(20-15(23)9-18)22(21-13)17(3,4)5/h8,10-12H,6-7,9H2,1-5H3,(H,19,24)(H,20,23). The number of carbonyl (C=O) groups is 2. The van der Waals surface area contributed by atoms with Gasteiger partial charge in [0.25, 0.3) is 0 Å². The normalized spacial score (nSPS) is 20.1. The maximum atomic E-state index is 11.7. The van der Waals surface area contributed by atoms with Crippen LogP contribution in [-0.4, -0.2) is 39.3 Å². The first-order valence-corrected chi connectivity index (χ1v) is 9.65. The summed E-state index contributed by atoms with van der Waals surface area (Å²) in [5.74, 6) is 0.811. The maximum Gasteiger partial charge on any atom is 0.407 e. The Labute approximate surface area is 157 Å². The molecule has 1 aliphatic rings. The quantitative estimate of drug-likeness (QED) is 0.723.